The van der Waals surface area contributed by atoms with Crippen LogP contribution in [0.5, 0.6) is 0 Å². The van der Waals surface area contributed by atoms with Crippen LogP contribution in [0.15, 0.2) is 36.4 Å². The fourth-order valence-electron chi connectivity index (χ4n) is 1.63. The van der Waals surface area contributed by atoms with E-state index in [1.807, 2.05) is 12.1 Å². The molecular weight excluding hydrogens is 228 g/mol. The summed E-state index contributed by atoms with van der Waals surface area (Å²) in [5.74, 6) is 1.13. The largest absolute Gasteiger partial charge is 0.382 e. The van der Waals surface area contributed by atoms with Crippen LogP contribution in [0, 0.1) is 0 Å². The lowest BCUT2D eigenvalue weighted by molar-refractivity contribution is 0.185. The van der Waals surface area contributed by atoms with Gasteiger partial charge in [-0.2, -0.15) is 0 Å². The molecule has 18 heavy (non-hydrogen) atoms. The zero-order valence-corrected chi connectivity index (χ0v) is 10.3. The molecule has 0 bridgehead atoms. The summed E-state index contributed by atoms with van der Waals surface area (Å²) in [5.41, 5.74) is 7.79. The van der Waals surface area contributed by atoms with Crippen LogP contribution in [-0.4, -0.2) is 17.3 Å². The Hall–Kier alpha value is -2.14. The van der Waals surface area contributed by atoms with Gasteiger partial charge in [-0.3, -0.25) is 0 Å². The van der Waals surface area contributed by atoms with E-state index >= 15 is 0 Å². The van der Waals surface area contributed by atoms with E-state index in [-0.39, 0.29) is 0 Å². The molecule has 0 radical (unpaired) electrons. The van der Waals surface area contributed by atoms with Gasteiger partial charge in [0.05, 0.1) is 6.61 Å². The molecule has 2 aromatic rings. The number of benzene rings is 1. The summed E-state index contributed by atoms with van der Waals surface area (Å²) in [7, 11) is 1.69. The Balaban J connectivity index is 1.97. The maximum Gasteiger partial charge on any atom is 0.149 e. The molecule has 0 unspecified atom stereocenters. The van der Waals surface area contributed by atoms with Crippen LogP contribution in [0.3, 0.4) is 0 Å². The van der Waals surface area contributed by atoms with Crippen molar-refractivity contribution in [3.8, 4) is 0 Å². The van der Waals surface area contributed by atoms with Crippen molar-refractivity contribution in [1.29, 1.82) is 0 Å². The number of ether oxygens (including phenoxy) is 1. The Morgan fingerprint density at radius 3 is 2.72 bits per heavy atom. The third kappa shape index (κ3) is 3.43. The van der Waals surface area contributed by atoms with Gasteiger partial charge in [-0.15, -0.1) is 10.2 Å². The molecule has 2 rings (SSSR count). The number of hydrogen-bond acceptors (Lipinski definition) is 5. The van der Waals surface area contributed by atoms with Crippen LogP contribution < -0.4 is 11.1 Å². The fourth-order valence-corrected chi connectivity index (χ4v) is 1.63. The third-order valence-electron chi connectivity index (χ3n) is 2.46. The van der Waals surface area contributed by atoms with Gasteiger partial charge in [0.25, 0.3) is 0 Å². The standard InChI is InChI=1S/C13H16N4O/c1-18-9-11-4-2-3-10(7-11)8-15-13-6-5-12(14)16-17-13/h2-7H,8-9H2,1H3,(H2,14,16)(H,15,17). The smallest absolute Gasteiger partial charge is 0.149 e. The van der Waals surface area contributed by atoms with Gasteiger partial charge in [0, 0.05) is 13.7 Å². The highest BCUT2D eigenvalue weighted by atomic mass is 16.5. The lowest BCUT2D eigenvalue weighted by Crippen LogP contribution is -2.03. The lowest BCUT2D eigenvalue weighted by Gasteiger charge is -2.07. The highest BCUT2D eigenvalue weighted by molar-refractivity contribution is 5.39. The zero-order valence-electron chi connectivity index (χ0n) is 10.3. The number of aromatic nitrogens is 2. The quantitative estimate of drug-likeness (QED) is 0.839. The number of anilines is 2. The average Bonchev–Trinajstić information content (AvgIpc) is 2.39. The first-order valence-corrected chi connectivity index (χ1v) is 5.68. The molecule has 0 saturated carbocycles. The Morgan fingerprint density at radius 2 is 2.00 bits per heavy atom. The number of hydrogen-bond donors (Lipinski definition) is 2. The predicted molar refractivity (Wildman–Crippen MR) is 70.9 cm³/mol. The van der Waals surface area contributed by atoms with Gasteiger partial charge < -0.3 is 15.8 Å². The number of methoxy groups -OCH3 is 1. The Morgan fingerprint density at radius 1 is 1.17 bits per heavy atom. The minimum absolute atomic E-state index is 0.419. The van der Waals surface area contributed by atoms with Crippen LogP contribution >= 0.6 is 0 Å². The molecule has 0 aliphatic heterocycles. The summed E-state index contributed by atoms with van der Waals surface area (Å²) < 4.78 is 5.10. The van der Waals surface area contributed by atoms with Crippen molar-refractivity contribution in [2.24, 2.45) is 0 Å². The van der Waals surface area contributed by atoms with E-state index < -0.39 is 0 Å². The molecule has 5 heteroatoms. The summed E-state index contributed by atoms with van der Waals surface area (Å²) >= 11 is 0. The van der Waals surface area contributed by atoms with Gasteiger partial charge in [-0.1, -0.05) is 24.3 Å². The maximum absolute atomic E-state index is 5.47. The van der Waals surface area contributed by atoms with Crippen molar-refractivity contribution in [3.05, 3.63) is 47.5 Å². The minimum Gasteiger partial charge on any atom is -0.382 e. The van der Waals surface area contributed by atoms with E-state index in [9.17, 15) is 0 Å². The first-order valence-electron chi connectivity index (χ1n) is 5.68. The summed E-state index contributed by atoms with van der Waals surface area (Å²) in [5, 5.41) is 10.9. The molecule has 0 spiro atoms. The van der Waals surface area contributed by atoms with E-state index in [0.29, 0.717) is 24.8 Å². The van der Waals surface area contributed by atoms with Crippen molar-refractivity contribution in [2.45, 2.75) is 13.2 Å². The Bertz CT molecular complexity index is 499. The highest BCUT2D eigenvalue weighted by Crippen LogP contribution is 2.09. The number of nitrogens with two attached hydrogens (primary N) is 1. The third-order valence-corrected chi connectivity index (χ3v) is 2.46. The molecule has 1 aromatic carbocycles. The van der Waals surface area contributed by atoms with Crippen LogP contribution in [-0.2, 0) is 17.9 Å². The van der Waals surface area contributed by atoms with E-state index in [0.717, 1.165) is 5.56 Å². The number of nitrogens with one attached hydrogen (secondary N) is 1. The molecule has 0 fully saturated rings. The highest BCUT2D eigenvalue weighted by Gasteiger charge is 1.98. The first kappa shape index (κ1) is 12.3. The van der Waals surface area contributed by atoms with Crippen LogP contribution in [0.4, 0.5) is 11.6 Å². The molecule has 5 nitrogen and oxygen atoms in total. The fraction of sp³-hybridized carbons (Fsp3) is 0.231. The van der Waals surface area contributed by atoms with Crippen molar-refractivity contribution in [3.63, 3.8) is 0 Å². The zero-order chi connectivity index (χ0) is 12.8. The second-order valence-electron chi connectivity index (χ2n) is 3.95. The molecule has 0 aliphatic rings. The second kappa shape index (κ2) is 5.97. The number of nitrogens with zero attached hydrogens (tertiary/aromatic N) is 2. The van der Waals surface area contributed by atoms with Crippen LogP contribution in [0.2, 0.25) is 0 Å². The van der Waals surface area contributed by atoms with Crippen molar-refractivity contribution in [2.75, 3.05) is 18.2 Å². The molecule has 0 atom stereocenters. The summed E-state index contributed by atoms with van der Waals surface area (Å²) in [6.45, 7) is 1.31. The second-order valence-corrected chi connectivity index (χ2v) is 3.95. The van der Waals surface area contributed by atoms with Gasteiger partial charge in [0.15, 0.2) is 0 Å². The molecular formula is C13H16N4O. The molecule has 3 N–H and O–H groups in total. The lowest BCUT2D eigenvalue weighted by atomic mass is 10.1. The van der Waals surface area contributed by atoms with Crippen molar-refractivity contribution in [1.82, 2.24) is 10.2 Å². The molecule has 0 saturated heterocycles. The van der Waals surface area contributed by atoms with E-state index in [4.69, 9.17) is 10.5 Å². The van der Waals surface area contributed by atoms with E-state index in [2.05, 4.69) is 27.6 Å². The van der Waals surface area contributed by atoms with Gasteiger partial charge in [-0.25, -0.2) is 0 Å². The minimum atomic E-state index is 0.419. The van der Waals surface area contributed by atoms with Crippen molar-refractivity contribution >= 4 is 11.6 Å². The van der Waals surface area contributed by atoms with Gasteiger partial charge in [0.2, 0.25) is 0 Å². The molecule has 0 amide bonds. The van der Waals surface area contributed by atoms with Crippen molar-refractivity contribution < 1.29 is 4.74 Å². The maximum atomic E-state index is 5.47. The van der Waals surface area contributed by atoms with Crippen LogP contribution in [0.1, 0.15) is 11.1 Å². The van der Waals surface area contributed by atoms with Crippen LogP contribution in [0.25, 0.3) is 0 Å². The Labute approximate surface area is 106 Å². The average molecular weight is 244 g/mol. The van der Waals surface area contributed by atoms with E-state index in [1.165, 1.54) is 5.56 Å². The van der Waals surface area contributed by atoms with Gasteiger partial charge >= 0.3 is 0 Å². The summed E-state index contributed by atoms with van der Waals surface area (Å²) in [6, 6.07) is 11.7. The molecule has 1 heterocycles. The number of rotatable bonds is 5. The first-order chi connectivity index (χ1) is 8.78. The molecule has 1 aromatic heterocycles. The van der Waals surface area contributed by atoms with Gasteiger partial charge in [-0.05, 0) is 23.3 Å². The summed E-state index contributed by atoms with van der Waals surface area (Å²) in [4.78, 5) is 0. The number of nitrogen functional groups attached to an aromatic ring is 1. The predicted octanol–water partition coefficient (Wildman–Crippen LogP) is 1.82. The normalized spacial score (nSPS) is 10.3. The summed E-state index contributed by atoms with van der Waals surface area (Å²) in [6.07, 6.45) is 0. The topological polar surface area (TPSA) is 73.1 Å². The van der Waals surface area contributed by atoms with Gasteiger partial charge in [0.1, 0.15) is 11.6 Å². The SMILES string of the molecule is COCc1cccc(CNc2ccc(N)nn2)c1. The Kier molecular flexibility index (Phi) is 4.09. The molecule has 94 valence electrons. The monoisotopic (exact) mass is 244 g/mol. The molecule has 0 aliphatic carbocycles. The van der Waals surface area contributed by atoms with E-state index in [1.54, 1.807) is 19.2 Å².